The van der Waals surface area contributed by atoms with Crippen molar-refractivity contribution in [3.05, 3.63) is 0 Å². The van der Waals surface area contributed by atoms with Crippen molar-refractivity contribution in [1.82, 2.24) is 26.6 Å². The molecule has 5 N–H and O–H groups in total. The summed E-state index contributed by atoms with van der Waals surface area (Å²) in [7, 11) is 0. The van der Waals surface area contributed by atoms with Crippen molar-refractivity contribution >= 4 is 29.5 Å². The van der Waals surface area contributed by atoms with Gasteiger partial charge >= 0.3 is 0 Å². The highest BCUT2D eigenvalue weighted by molar-refractivity contribution is 5.94. The third kappa shape index (κ3) is 14.6. The normalized spacial score (nSPS) is 21.6. The second-order valence-electron chi connectivity index (χ2n) is 10.4. The standard InChI is InChI=1S/C27H49N5O5/c1-5-6-7-8-9-10-11-14-21-17-23(34)29-18-24(35)31-22(15-12-13-16-28-20(4)33)26(36)32-25(19(2)3)27(37)30-21/h19,21-22,25H,5-18H2,1-4H3,(H,28,33)(H,29,34)(H,30,37)(H,31,35)(H,32,36)/t21?,22-,25?/m0/s1. The maximum Gasteiger partial charge on any atom is 0.243 e. The SMILES string of the molecule is CCCCCCCCCC1CC(=O)NCC(=O)N[C@@H](CCCCNC(C)=O)C(=O)NC(C(C)C)C(=O)N1. The van der Waals surface area contributed by atoms with Crippen LogP contribution >= 0.6 is 0 Å². The van der Waals surface area contributed by atoms with E-state index >= 15 is 0 Å². The summed E-state index contributed by atoms with van der Waals surface area (Å²) in [5.74, 6) is -1.83. The molecule has 0 aromatic rings. The average Bonchev–Trinajstić information content (AvgIpc) is 2.83. The molecule has 1 rings (SSSR count). The van der Waals surface area contributed by atoms with Gasteiger partial charge in [-0.3, -0.25) is 24.0 Å². The molecular formula is C27H49N5O5. The third-order valence-corrected chi connectivity index (χ3v) is 6.57. The van der Waals surface area contributed by atoms with Crippen molar-refractivity contribution in [3.8, 4) is 0 Å². The van der Waals surface area contributed by atoms with Crippen molar-refractivity contribution in [2.45, 2.75) is 123 Å². The fourth-order valence-corrected chi connectivity index (χ4v) is 4.38. The van der Waals surface area contributed by atoms with Crippen LogP contribution in [0.15, 0.2) is 0 Å². The van der Waals surface area contributed by atoms with Gasteiger partial charge in [-0.1, -0.05) is 65.7 Å². The van der Waals surface area contributed by atoms with Gasteiger partial charge in [0.1, 0.15) is 12.1 Å². The highest BCUT2D eigenvalue weighted by Crippen LogP contribution is 2.13. The maximum absolute atomic E-state index is 13.2. The summed E-state index contributed by atoms with van der Waals surface area (Å²) in [5, 5.41) is 13.8. The Bertz CT molecular complexity index is 743. The van der Waals surface area contributed by atoms with Crippen LogP contribution in [0.5, 0.6) is 0 Å². The molecule has 3 atom stereocenters. The van der Waals surface area contributed by atoms with E-state index < -0.39 is 23.9 Å². The molecule has 37 heavy (non-hydrogen) atoms. The molecule has 1 aliphatic heterocycles. The van der Waals surface area contributed by atoms with E-state index in [2.05, 4.69) is 33.5 Å². The smallest absolute Gasteiger partial charge is 0.243 e. The Kier molecular flexibility index (Phi) is 16.3. The number of hydrogen-bond donors (Lipinski definition) is 5. The molecular weight excluding hydrogens is 474 g/mol. The summed E-state index contributed by atoms with van der Waals surface area (Å²) in [6.07, 6.45) is 10.2. The van der Waals surface area contributed by atoms with Gasteiger partial charge in [0.05, 0.1) is 6.54 Å². The highest BCUT2D eigenvalue weighted by atomic mass is 16.2. The van der Waals surface area contributed by atoms with Crippen LogP contribution in [-0.4, -0.2) is 60.8 Å². The van der Waals surface area contributed by atoms with Gasteiger partial charge in [-0.2, -0.15) is 0 Å². The first kappa shape index (κ1) is 32.4. The van der Waals surface area contributed by atoms with E-state index in [1.54, 1.807) is 0 Å². The van der Waals surface area contributed by atoms with Crippen LogP contribution in [0, 0.1) is 5.92 Å². The largest absolute Gasteiger partial charge is 0.356 e. The van der Waals surface area contributed by atoms with Gasteiger partial charge < -0.3 is 26.6 Å². The van der Waals surface area contributed by atoms with E-state index in [1.807, 2.05) is 13.8 Å². The maximum atomic E-state index is 13.2. The van der Waals surface area contributed by atoms with Crippen molar-refractivity contribution in [1.29, 1.82) is 0 Å². The summed E-state index contributed by atoms with van der Waals surface area (Å²) >= 11 is 0. The van der Waals surface area contributed by atoms with Crippen molar-refractivity contribution in [2.24, 2.45) is 5.92 Å². The molecule has 0 spiro atoms. The summed E-state index contributed by atoms with van der Waals surface area (Å²) in [4.78, 5) is 62.4. The van der Waals surface area contributed by atoms with Gasteiger partial charge in [0.2, 0.25) is 29.5 Å². The zero-order valence-electron chi connectivity index (χ0n) is 23.3. The Morgan fingerprint density at radius 2 is 1.49 bits per heavy atom. The number of carbonyl (C=O) groups is 5. The minimum Gasteiger partial charge on any atom is -0.356 e. The molecule has 1 heterocycles. The van der Waals surface area contributed by atoms with Crippen molar-refractivity contribution in [3.63, 3.8) is 0 Å². The molecule has 0 aromatic carbocycles. The van der Waals surface area contributed by atoms with E-state index in [0.717, 1.165) is 19.3 Å². The third-order valence-electron chi connectivity index (χ3n) is 6.57. The molecule has 1 fully saturated rings. The number of amides is 5. The molecule has 212 valence electrons. The van der Waals surface area contributed by atoms with Crippen LogP contribution in [0.25, 0.3) is 0 Å². The van der Waals surface area contributed by atoms with Gasteiger partial charge in [-0.25, -0.2) is 0 Å². The zero-order chi connectivity index (χ0) is 27.6. The zero-order valence-corrected chi connectivity index (χ0v) is 23.3. The number of carbonyl (C=O) groups excluding carboxylic acids is 5. The van der Waals surface area contributed by atoms with E-state index in [9.17, 15) is 24.0 Å². The van der Waals surface area contributed by atoms with Crippen LogP contribution in [-0.2, 0) is 24.0 Å². The van der Waals surface area contributed by atoms with E-state index in [-0.39, 0.29) is 42.6 Å². The van der Waals surface area contributed by atoms with E-state index in [1.165, 1.54) is 32.6 Å². The number of hydrogen-bond acceptors (Lipinski definition) is 5. The average molecular weight is 524 g/mol. The van der Waals surface area contributed by atoms with Gasteiger partial charge in [-0.15, -0.1) is 0 Å². The minimum absolute atomic E-state index is 0.0835. The molecule has 1 aliphatic rings. The molecule has 10 nitrogen and oxygen atoms in total. The van der Waals surface area contributed by atoms with Crippen LogP contribution in [0.1, 0.15) is 105 Å². The fraction of sp³-hybridized carbons (Fsp3) is 0.815. The Morgan fingerprint density at radius 3 is 2.14 bits per heavy atom. The van der Waals surface area contributed by atoms with Gasteiger partial charge in [0.25, 0.3) is 0 Å². The minimum atomic E-state index is -0.847. The van der Waals surface area contributed by atoms with Gasteiger partial charge in [-0.05, 0) is 31.6 Å². The first-order valence-electron chi connectivity index (χ1n) is 14.0. The molecule has 2 unspecified atom stereocenters. The van der Waals surface area contributed by atoms with E-state index in [0.29, 0.717) is 32.2 Å². The summed E-state index contributed by atoms with van der Waals surface area (Å²) in [6.45, 7) is 7.56. The highest BCUT2D eigenvalue weighted by Gasteiger charge is 2.30. The molecule has 0 aliphatic carbocycles. The lowest BCUT2D eigenvalue weighted by Crippen LogP contribution is -2.56. The summed E-state index contributed by atoms with van der Waals surface area (Å²) < 4.78 is 0. The van der Waals surface area contributed by atoms with Gasteiger partial charge in [0, 0.05) is 25.9 Å². The first-order chi connectivity index (χ1) is 17.6. The topological polar surface area (TPSA) is 146 Å². The lowest BCUT2D eigenvalue weighted by atomic mass is 9.99. The number of rotatable bonds is 14. The Labute approximate surface area is 222 Å². The van der Waals surface area contributed by atoms with Gasteiger partial charge in [0.15, 0.2) is 0 Å². The van der Waals surface area contributed by atoms with E-state index in [4.69, 9.17) is 0 Å². The van der Waals surface area contributed by atoms with Crippen molar-refractivity contribution < 1.29 is 24.0 Å². The molecule has 0 bridgehead atoms. The molecule has 0 radical (unpaired) electrons. The Morgan fingerprint density at radius 1 is 0.838 bits per heavy atom. The monoisotopic (exact) mass is 523 g/mol. The predicted octanol–water partition coefficient (Wildman–Crippen LogP) is 2.06. The molecule has 0 aromatic heterocycles. The number of nitrogens with one attached hydrogen (secondary N) is 5. The quantitative estimate of drug-likeness (QED) is 0.221. The molecule has 5 amide bonds. The Hall–Kier alpha value is -2.65. The summed E-state index contributed by atoms with van der Waals surface area (Å²) in [5.41, 5.74) is 0. The summed E-state index contributed by atoms with van der Waals surface area (Å²) in [6, 6.07) is -2.00. The lowest BCUT2D eigenvalue weighted by molar-refractivity contribution is -0.133. The molecule has 10 heteroatoms. The second-order valence-corrected chi connectivity index (χ2v) is 10.4. The van der Waals surface area contributed by atoms with Crippen LogP contribution in [0.2, 0.25) is 0 Å². The van der Waals surface area contributed by atoms with Crippen molar-refractivity contribution in [2.75, 3.05) is 13.1 Å². The number of unbranched alkanes of at least 4 members (excludes halogenated alkanes) is 7. The van der Waals surface area contributed by atoms with Crippen LogP contribution in [0.3, 0.4) is 0 Å². The Balaban J connectivity index is 2.84. The first-order valence-corrected chi connectivity index (χ1v) is 14.0. The van der Waals surface area contributed by atoms with Crippen LogP contribution < -0.4 is 26.6 Å². The predicted molar refractivity (Wildman–Crippen MR) is 143 cm³/mol. The lowest BCUT2D eigenvalue weighted by Gasteiger charge is -2.27. The second kappa shape index (κ2) is 18.6. The van der Waals surface area contributed by atoms with Crippen LogP contribution in [0.4, 0.5) is 0 Å². The molecule has 1 saturated heterocycles. The fourth-order valence-electron chi connectivity index (χ4n) is 4.38. The molecule has 0 saturated carbocycles.